The summed E-state index contributed by atoms with van der Waals surface area (Å²) in [5.41, 5.74) is 2.69. The molecule has 3 N–H and O–H groups in total. The lowest BCUT2D eigenvalue weighted by molar-refractivity contribution is -0.121. The van der Waals surface area contributed by atoms with Crippen molar-refractivity contribution in [2.24, 2.45) is 5.14 Å². The highest BCUT2D eigenvalue weighted by atomic mass is 32.2. The molecule has 2 aromatic rings. The molecule has 0 aromatic heterocycles. The lowest BCUT2D eigenvalue weighted by Crippen LogP contribution is -2.38. The number of anilines is 2. The lowest BCUT2D eigenvalue weighted by atomic mass is 10.1. The number of nitrogens with zero attached hydrogens (tertiary/aromatic N) is 1. The summed E-state index contributed by atoms with van der Waals surface area (Å²) in [6, 6.07) is 13.2. The van der Waals surface area contributed by atoms with Crippen LogP contribution in [0.5, 0.6) is 11.5 Å². The zero-order valence-corrected chi connectivity index (χ0v) is 13.4. The smallest absolute Gasteiger partial charge is 0.265 e. The van der Waals surface area contributed by atoms with Gasteiger partial charge in [0.25, 0.3) is 5.91 Å². The molecule has 0 atom stereocenters. The van der Waals surface area contributed by atoms with E-state index in [1.54, 1.807) is 18.1 Å². The first-order valence-corrected chi connectivity index (χ1v) is 7.91. The van der Waals surface area contributed by atoms with Crippen LogP contribution < -0.4 is 24.2 Å². The van der Waals surface area contributed by atoms with Gasteiger partial charge in [0.1, 0.15) is 11.5 Å². The van der Waals surface area contributed by atoms with Crippen LogP contribution in [0.1, 0.15) is 5.56 Å². The summed E-state index contributed by atoms with van der Waals surface area (Å²) in [6.45, 7) is 0.515. The highest BCUT2D eigenvalue weighted by Gasteiger charge is 2.26. The van der Waals surface area contributed by atoms with Crippen LogP contribution in [0.3, 0.4) is 0 Å². The number of nitrogens with one attached hydrogen (secondary N) is 1. The minimum absolute atomic E-state index is 0.0314. The molecule has 0 radical (unpaired) electrons. The molecule has 0 aliphatic carbocycles. The Morgan fingerprint density at radius 3 is 2.78 bits per heavy atom. The van der Waals surface area contributed by atoms with Crippen LogP contribution in [-0.4, -0.2) is 19.6 Å². The van der Waals surface area contributed by atoms with Crippen molar-refractivity contribution in [3.63, 3.8) is 0 Å². The monoisotopic (exact) mass is 331 g/mol. The first-order chi connectivity index (χ1) is 11.2. The average Bonchev–Trinajstić information content (AvgIpc) is 2.59. The molecular weight excluding hydrogens is 314 g/mol. The van der Waals surface area contributed by atoms with E-state index in [2.05, 4.69) is 4.72 Å². The van der Waals surface area contributed by atoms with E-state index in [9.17, 15) is 4.79 Å². The molecule has 1 amide bonds. The molecule has 23 heavy (non-hydrogen) atoms. The summed E-state index contributed by atoms with van der Waals surface area (Å²) in [5, 5.41) is 5.37. The minimum Gasteiger partial charge on any atom is -0.497 e. The summed E-state index contributed by atoms with van der Waals surface area (Å²) in [4.78, 5) is 13.9. The second-order valence-electron chi connectivity index (χ2n) is 5.02. The Morgan fingerprint density at radius 1 is 1.30 bits per heavy atom. The maximum Gasteiger partial charge on any atom is 0.265 e. The molecule has 0 bridgehead atoms. The van der Waals surface area contributed by atoms with Crippen molar-refractivity contribution >= 4 is 29.4 Å². The van der Waals surface area contributed by atoms with Gasteiger partial charge < -0.3 is 19.1 Å². The molecule has 0 fully saturated rings. The van der Waals surface area contributed by atoms with Gasteiger partial charge in [-0.3, -0.25) is 9.93 Å². The van der Waals surface area contributed by atoms with E-state index < -0.39 is 0 Å². The molecule has 0 saturated heterocycles. The largest absolute Gasteiger partial charge is 0.497 e. The Balaban J connectivity index is 1.83. The normalized spacial score (nSPS) is 13.3. The van der Waals surface area contributed by atoms with Gasteiger partial charge in [-0.05, 0) is 29.8 Å². The number of fused-ring (bicyclic) bond motifs is 1. The first kappa shape index (κ1) is 15.5. The number of methoxy groups -OCH3 is 1. The maximum absolute atomic E-state index is 12.2. The molecule has 1 aliphatic rings. The quantitative estimate of drug-likeness (QED) is 0.820. The third kappa shape index (κ3) is 3.35. The molecule has 6 nitrogen and oxygen atoms in total. The Morgan fingerprint density at radius 2 is 2.09 bits per heavy atom. The number of carbonyl (C=O) groups is 1. The highest BCUT2D eigenvalue weighted by molar-refractivity contribution is 7.98. The average molecular weight is 331 g/mol. The van der Waals surface area contributed by atoms with Crippen LogP contribution in [0.2, 0.25) is 0 Å². The number of ether oxygens (including phenoxy) is 2. The van der Waals surface area contributed by atoms with Gasteiger partial charge in [0, 0.05) is 23.9 Å². The zero-order valence-electron chi connectivity index (χ0n) is 12.6. The van der Waals surface area contributed by atoms with Crippen molar-refractivity contribution in [1.29, 1.82) is 0 Å². The molecule has 7 heteroatoms. The molecule has 0 saturated carbocycles. The third-order valence-electron chi connectivity index (χ3n) is 3.58. The Labute approximate surface area is 138 Å². The van der Waals surface area contributed by atoms with E-state index in [1.807, 2.05) is 36.4 Å². The predicted molar refractivity (Wildman–Crippen MR) is 91.5 cm³/mol. The molecule has 1 aliphatic heterocycles. The Kier molecular flexibility index (Phi) is 4.59. The second kappa shape index (κ2) is 6.80. The summed E-state index contributed by atoms with van der Waals surface area (Å²) in [5.74, 6) is 1.29. The van der Waals surface area contributed by atoms with E-state index in [-0.39, 0.29) is 12.5 Å². The molecule has 120 valence electrons. The highest BCUT2D eigenvalue weighted by Crippen LogP contribution is 2.36. The van der Waals surface area contributed by atoms with Crippen LogP contribution in [0.4, 0.5) is 11.4 Å². The van der Waals surface area contributed by atoms with Gasteiger partial charge in [0.05, 0.1) is 19.3 Å². The van der Waals surface area contributed by atoms with Gasteiger partial charge in [-0.25, -0.2) is 0 Å². The number of amides is 1. The number of rotatable bonds is 5. The zero-order chi connectivity index (χ0) is 16.2. The third-order valence-corrected chi connectivity index (χ3v) is 3.93. The van der Waals surface area contributed by atoms with E-state index >= 15 is 0 Å². The van der Waals surface area contributed by atoms with E-state index in [4.69, 9.17) is 14.6 Å². The van der Waals surface area contributed by atoms with Gasteiger partial charge in [0.2, 0.25) is 0 Å². The summed E-state index contributed by atoms with van der Waals surface area (Å²) >= 11 is 1.05. The predicted octanol–water partition coefficient (Wildman–Crippen LogP) is 2.55. The van der Waals surface area contributed by atoms with E-state index in [1.165, 1.54) is 0 Å². The van der Waals surface area contributed by atoms with Gasteiger partial charge >= 0.3 is 0 Å². The van der Waals surface area contributed by atoms with E-state index in [0.717, 1.165) is 29.1 Å². The van der Waals surface area contributed by atoms with Crippen LogP contribution in [0, 0.1) is 0 Å². The second-order valence-corrected chi connectivity index (χ2v) is 5.46. The van der Waals surface area contributed by atoms with Crippen LogP contribution in [-0.2, 0) is 11.3 Å². The van der Waals surface area contributed by atoms with Gasteiger partial charge in [-0.1, -0.05) is 12.1 Å². The van der Waals surface area contributed by atoms with Crippen molar-refractivity contribution in [3.8, 4) is 11.5 Å². The van der Waals surface area contributed by atoms with Crippen molar-refractivity contribution in [2.45, 2.75) is 6.54 Å². The summed E-state index contributed by atoms with van der Waals surface area (Å²) in [7, 11) is 1.60. The maximum atomic E-state index is 12.2. The Hall–Kier alpha value is -2.38. The van der Waals surface area contributed by atoms with Crippen molar-refractivity contribution in [1.82, 2.24) is 0 Å². The van der Waals surface area contributed by atoms with Crippen LogP contribution in [0.15, 0.2) is 42.5 Å². The summed E-state index contributed by atoms with van der Waals surface area (Å²) < 4.78 is 13.6. The molecule has 0 spiro atoms. The molecular formula is C16H17N3O3S. The van der Waals surface area contributed by atoms with Gasteiger partial charge in [-0.15, -0.1) is 0 Å². The number of hydrogen-bond acceptors (Lipinski definition) is 6. The minimum atomic E-state index is -0.0672. The fraction of sp³-hybridized carbons (Fsp3) is 0.188. The number of carbonyl (C=O) groups excluding carboxylic acids is 1. The standard InChI is InChI=1S/C16H17N3O3S/c1-21-13-6-7-14-15(8-13)22-10-16(20)19(14)9-11-2-4-12(5-3-11)18-23-17/h2-8,18H,9-10,17H2,1H3. The summed E-state index contributed by atoms with van der Waals surface area (Å²) in [6.07, 6.45) is 0. The molecule has 3 rings (SSSR count). The van der Waals surface area contributed by atoms with E-state index in [0.29, 0.717) is 18.0 Å². The fourth-order valence-corrected chi connectivity index (χ4v) is 2.69. The van der Waals surface area contributed by atoms with Gasteiger partial charge in [0.15, 0.2) is 6.61 Å². The lowest BCUT2D eigenvalue weighted by Gasteiger charge is -2.29. The van der Waals surface area contributed by atoms with Crippen molar-refractivity contribution in [2.75, 3.05) is 23.3 Å². The molecule has 0 unspecified atom stereocenters. The SMILES string of the molecule is COc1ccc2c(c1)OCC(=O)N2Cc1ccc(NSN)cc1. The van der Waals surface area contributed by atoms with Crippen LogP contribution in [0.25, 0.3) is 0 Å². The number of hydrogen-bond donors (Lipinski definition) is 2. The first-order valence-electron chi connectivity index (χ1n) is 7.03. The molecule has 2 aromatic carbocycles. The fourth-order valence-electron chi connectivity index (χ4n) is 2.41. The number of nitrogens with two attached hydrogens (primary N) is 1. The van der Waals surface area contributed by atoms with Crippen molar-refractivity contribution in [3.05, 3.63) is 48.0 Å². The number of benzene rings is 2. The van der Waals surface area contributed by atoms with Crippen molar-refractivity contribution < 1.29 is 14.3 Å². The molecule has 1 heterocycles. The Bertz CT molecular complexity index is 706. The van der Waals surface area contributed by atoms with Gasteiger partial charge in [-0.2, -0.15) is 0 Å². The topological polar surface area (TPSA) is 76.8 Å². The van der Waals surface area contributed by atoms with Crippen LogP contribution >= 0.6 is 12.1 Å².